The maximum atomic E-state index is 12.6. The molecule has 2 atom stereocenters. The molecule has 1 N–H and O–H groups in total. The molecule has 4 rings (SSSR count). The Morgan fingerprint density at radius 1 is 1.19 bits per heavy atom. The molecule has 1 aliphatic heterocycles. The molecule has 2 aliphatic rings. The fourth-order valence-corrected chi connectivity index (χ4v) is 3.93. The standard InChI is InChI=1S/C21H23N3O2/c1-14(15-7-9-22-10-8-15)23-21(26)18-12-20(25)24(13-18)19-6-5-16-3-2-4-17(16)11-19/h5-11,14,18H,2-4,12-13H2,1H3,(H,23,26)/t14-,18+/m0/s1. The summed E-state index contributed by atoms with van der Waals surface area (Å²) in [4.78, 5) is 30.9. The number of carbonyl (C=O) groups excluding carboxylic acids is 2. The van der Waals surface area contributed by atoms with Crippen LogP contribution in [0.15, 0.2) is 42.7 Å². The zero-order chi connectivity index (χ0) is 18.1. The number of nitrogens with one attached hydrogen (secondary N) is 1. The van der Waals surface area contributed by atoms with Crippen LogP contribution >= 0.6 is 0 Å². The fourth-order valence-electron chi connectivity index (χ4n) is 3.93. The molecule has 134 valence electrons. The number of aromatic nitrogens is 1. The summed E-state index contributed by atoms with van der Waals surface area (Å²) in [6.45, 7) is 2.40. The van der Waals surface area contributed by atoms with E-state index in [9.17, 15) is 9.59 Å². The number of fused-ring (bicyclic) bond motifs is 1. The maximum Gasteiger partial charge on any atom is 0.227 e. The molecule has 5 heteroatoms. The van der Waals surface area contributed by atoms with Gasteiger partial charge in [0.25, 0.3) is 0 Å². The van der Waals surface area contributed by atoms with Crippen molar-refractivity contribution in [3.8, 4) is 0 Å². The Labute approximate surface area is 153 Å². The highest BCUT2D eigenvalue weighted by Crippen LogP contribution is 2.30. The maximum absolute atomic E-state index is 12.6. The normalized spacial score (nSPS) is 20.1. The molecule has 26 heavy (non-hydrogen) atoms. The molecule has 2 heterocycles. The number of hydrogen-bond acceptors (Lipinski definition) is 3. The summed E-state index contributed by atoms with van der Waals surface area (Å²) in [5.41, 5.74) is 4.66. The van der Waals surface area contributed by atoms with E-state index in [1.54, 1.807) is 17.3 Å². The highest BCUT2D eigenvalue weighted by atomic mass is 16.2. The van der Waals surface area contributed by atoms with Crippen LogP contribution in [0.5, 0.6) is 0 Å². The number of hydrogen-bond donors (Lipinski definition) is 1. The van der Waals surface area contributed by atoms with Crippen LogP contribution in [0.25, 0.3) is 0 Å². The molecule has 1 saturated heterocycles. The summed E-state index contributed by atoms with van der Waals surface area (Å²) in [6, 6.07) is 9.95. The minimum absolute atomic E-state index is 0.0275. The van der Waals surface area contributed by atoms with Crippen LogP contribution in [0, 0.1) is 5.92 Å². The third kappa shape index (κ3) is 3.21. The monoisotopic (exact) mass is 349 g/mol. The van der Waals surface area contributed by atoms with Crippen molar-refractivity contribution in [2.24, 2.45) is 5.92 Å². The first-order valence-corrected chi connectivity index (χ1v) is 9.24. The fraction of sp³-hybridized carbons (Fsp3) is 0.381. The minimum atomic E-state index is -0.306. The van der Waals surface area contributed by atoms with Gasteiger partial charge >= 0.3 is 0 Å². The lowest BCUT2D eigenvalue weighted by Gasteiger charge is -2.19. The molecular weight excluding hydrogens is 326 g/mol. The van der Waals surface area contributed by atoms with Crippen molar-refractivity contribution < 1.29 is 9.59 Å². The molecule has 0 saturated carbocycles. The summed E-state index contributed by atoms with van der Waals surface area (Å²) >= 11 is 0. The van der Waals surface area contributed by atoms with Crippen LogP contribution in [0.1, 0.15) is 42.5 Å². The predicted molar refractivity (Wildman–Crippen MR) is 99.7 cm³/mol. The van der Waals surface area contributed by atoms with Gasteiger partial charge in [-0.05, 0) is 67.1 Å². The first kappa shape index (κ1) is 16.8. The van der Waals surface area contributed by atoms with Gasteiger partial charge in [-0.15, -0.1) is 0 Å². The van der Waals surface area contributed by atoms with Gasteiger partial charge in [0.05, 0.1) is 12.0 Å². The van der Waals surface area contributed by atoms with Gasteiger partial charge in [-0.1, -0.05) is 6.07 Å². The molecular formula is C21H23N3O2. The molecule has 0 unspecified atom stereocenters. The smallest absolute Gasteiger partial charge is 0.227 e. The van der Waals surface area contributed by atoms with Gasteiger partial charge in [0.1, 0.15) is 0 Å². The van der Waals surface area contributed by atoms with Crippen molar-refractivity contribution in [2.45, 2.75) is 38.6 Å². The quantitative estimate of drug-likeness (QED) is 0.923. The lowest BCUT2D eigenvalue weighted by molar-refractivity contribution is -0.126. The third-order valence-corrected chi connectivity index (χ3v) is 5.45. The van der Waals surface area contributed by atoms with E-state index < -0.39 is 0 Å². The van der Waals surface area contributed by atoms with Gasteiger partial charge in [0.15, 0.2) is 0 Å². The number of anilines is 1. The summed E-state index contributed by atoms with van der Waals surface area (Å²) in [5.74, 6) is -0.342. The Hall–Kier alpha value is -2.69. The number of pyridine rings is 1. The van der Waals surface area contributed by atoms with Gasteiger partial charge in [0.2, 0.25) is 11.8 Å². The number of nitrogens with zero attached hydrogens (tertiary/aromatic N) is 2. The van der Waals surface area contributed by atoms with Gasteiger partial charge in [-0.25, -0.2) is 0 Å². The van der Waals surface area contributed by atoms with Gasteiger partial charge in [-0.2, -0.15) is 0 Å². The Morgan fingerprint density at radius 2 is 1.96 bits per heavy atom. The van der Waals surface area contributed by atoms with Crippen LogP contribution in [0.2, 0.25) is 0 Å². The minimum Gasteiger partial charge on any atom is -0.349 e. The van der Waals surface area contributed by atoms with E-state index in [1.165, 1.54) is 17.5 Å². The first-order chi connectivity index (χ1) is 12.6. The SMILES string of the molecule is C[C@H](NC(=O)[C@@H]1CC(=O)N(c2ccc3c(c2)CCC3)C1)c1ccncc1. The van der Waals surface area contributed by atoms with Crippen molar-refractivity contribution in [3.63, 3.8) is 0 Å². The molecule has 0 bridgehead atoms. The number of amides is 2. The third-order valence-electron chi connectivity index (χ3n) is 5.45. The zero-order valence-electron chi connectivity index (χ0n) is 14.9. The highest BCUT2D eigenvalue weighted by Gasteiger charge is 2.35. The number of benzene rings is 1. The molecule has 5 nitrogen and oxygen atoms in total. The van der Waals surface area contributed by atoms with E-state index in [4.69, 9.17) is 0 Å². The lowest BCUT2D eigenvalue weighted by atomic mass is 10.1. The summed E-state index contributed by atoms with van der Waals surface area (Å²) in [5, 5.41) is 3.03. The number of carbonyl (C=O) groups is 2. The predicted octanol–water partition coefficient (Wildman–Crippen LogP) is 2.80. The van der Waals surface area contributed by atoms with Crippen LogP contribution in [-0.2, 0) is 22.4 Å². The van der Waals surface area contributed by atoms with E-state index in [0.29, 0.717) is 6.54 Å². The molecule has 0 spiro atoms. The molecule has 0 radical (unpaired) electrons. The second-order valence-electron chi connectivity index (χ2n) is 7.22. The first-order valence-electron chi connectivity index (χ1n) is 9.24. The Balaban J connectivity index is 1.43. The molecule has 1 aliphatic carbocycles. The molecule has 2 aromatic rings. The van der Waals surface area contributed by atoms with E-state index in [2.05, 4.69) is 22.4 Å². The largest absolute Gasteiger partial charge is 0.349 e. The van der Waals surface area contributed by atoms with Crippen LogP contribution in [0.4, 0.5) is 5.69 Å². The topological polar surface area (TPSA) is 62.3 Å². The highest BCUT2D eigenvalue weighted by molar-refractivity contribution is 6.00. The average Bonchev–Trinajstić information content (AvgIpc) is 3.28. The summed E-state index contributed by atoms with van der Waals surface area (Å²) < 4.78 is 0. The van der Waals surface area contributed by atoms with Crippen molar-refractivity contribution in [1.29, 1.82) is 0 Å². The van der Waals surface area contributed by atoms with E-state index in [1.807, 2.05) is 25.1 Å². The van der Waals surface area contributed by atoms with Gasteiger partial charge in [0, 0.05) is 31.0 Å². The van der Waals surface area contributed by atoms with Crippen LogP contribution in [0.3, 0.4) is 0 Å². The summed E-state index contributed by atoms with van der Waals surface area (Å²) in [7, 11) is 0. The van der Waals surface area contributed by atoms with Crippen molar-refractivity contribution in [1.82, 2.24) is 10.3 Å². The van der Waals surface area contributed by atoms with E-state index >= 15 is 0 Å². The van der Waals surface area contributed by atoms with E-state index in [-0.39, 0.29) is 30.2 Å². The van der Waals surface area contributed by atoms with E-state index in [0.717, 1.165) is 24.1 Å². The molecule has 2 amide bonds. The Kier molecular flexibility index (Phi) is 4.45. The number of rotatable bonds is 4. The van der Waals surface area contributed by atoms with Gasteiger partial charge in [-0.3, -0.25) is 14.6 Å². The molecule has 1 fully saturated rings. The Morgan fingerprint density at radius 3 is 2.77 bits per heavy atom. The zero-order valence-corrected chi connectivity index (χ0v) is 14.9. The van der Waals surface area contributed by atoms with Crippen molar-refractivity contribution in [3.05, 3.63) is 59.4 Å². The summed E-state index contributed by atoms with van der Waals surface area (Å²) in [6.07, 6.45) is 7.09. The lowest BCUT2D eigenvalue weighted by Crippen LogP contribution is -2.34. The van der Waals surface area contributed by atoms with Crippen molar-refractivity contribution in [2.75, 3.05) is 11.4 Å². The van der Waals surface area contributed by atoms with Crippen LogP contribution in [-0.4, -0.2) is 23.3 Å². The van der Waals surface area contributed by atoms with Crippen molar-refractivity contribution >= 4 is 17.5 Å². The van der Waals surface area contributed by atoms with Gasteiger partial charge < -0.3 is 10.2 Å². The molecule has 1 aromatic heterocycles. The molecule has 1 aromatic carbocycles. The number of aryl methyl sites for hydroxylation is 2. The average molecular weight is 349 g/mol. The second kappa shape index (κ2) is 6.90. The Bertz CT molecular complexity index is 834. The second-order valence-corrected chi connectivity index (χ2v) is 7.22. The van der Waals surface area contributed by atoms with Crippen LogP contribution < -0.4 is 10.2 Å².